The first-order valence-electron chi connectivity index (χ1n) is 10.7. The van der Waals surface area contributed by atoms with Gasteiger partial charge >= 0.3 is 11.8 Å². The van der Waals surface area contributed by atoms with Crippen LogP contribution in [0.3, 0.4) is 0 Å². The lowest BCUT2D eigenvalue weighted by Gasteiger charge is -2.14. The summed E-state index contributed by atoms with van der Waals surface area (Å²) in [5.41, 5.74) is 7.30. The molecule has 0 saturated carbocycles. The maximum atomic E-state index is 13.3. The van der Waals surface area contributed by atoms with Crippen molar-refractivity contribution < 1.29 is 14.4 Å². The van der Waals surface area contributed by atoms with Gasteiger partial charge in [0.25, 0.3) is 5.91 Å². The standard InChI is InChI=1S/C26H22Br2N4O3/c1-14-5-4-6-21(16(14)3)30-24(33)23-13-17-12-19(28)8-10-22(17)32(23)31-26(35)25(34)29-20-9-7-18(27)11-15(20)2/h4-13H,1-3H3,(H,29,34)(H,30,33)(H,31,35). The van der Waals surface area contributed by atoms with Crippen LogP contribution in [0.5, 0.6) is 0 Å². The molecule has 0 fully saturated rings. The molecule has 1 aromatic heterocycles. The number of hydrogen-bond acceptors (Lipinski definition) is 3. The first-order chi connectivity index (χ1) is 16.6. The average molecular weight is 598 g/mol. The summed E-state index contributed by atoms with van der Waals surface area (Å²) in [6.45, 7) is 5.71. The van der Waals surface area contributed by atoms with Crippen molar-refractivity contribution in [2.45, 2.75) is 20.8 Å². The van der Waals surface area contributed by atoms with E-state index in [4.69, 9.17) is 0 Å². The Kier molecular flexibility index (Phi) is 7.09. The van der Waals surface area contributed by atoms with Gasteiger partial charge in [-0.1, -0.05) is 44.0 Å². The van der Waals surface area contributed by atoms with Gasteiger partial charge in [0.15, 0.2) is 0 Å². The molecule has 3 N–H and O–H groups in total. The van der Waals surface area contributed by atoms with Gasteiger partial charge in [-0.2, -0.15) is 0 Å². The third kappa shape index (κ3) is 5.31. The minimum Gasteiger partial charge on any atom is -0.320 e. The molecule has 4 rings (SSSR count). The molecule has 0 aliphatic rings. The van der Waals surface area contributed by atoms with E-state index < -0.39 is 17.7 Å². The molecular weight excluding hydrogens is 576 g/mol. The molecule has 0 bridgehead atoms. The van der Waals surface area contributed by atoms with E-state index >= 15 is 0 Å². The van der Waals surface area contributed by atoms with Crippen LogP contribution < -0.4 is 16.1 Å². The number of carbonyl (C=O) groups is 3. The van der Waals surface area contributed by atoms with Crippen molar-refractivity contribution >= 4 is 71.9 Å². The monoisotopic (exact) mass is 596 g/mol. The Morgan fingerprint density at radius 3 is 2.20 bits per heavy atom. The number of anilines is 2. The first kappa shape index (κ1) is 24.7. The molecule has 0 radical (unpaired) electrons. The summed E-state index contributed by atoms with van der Waals surface area (Å²) in [4.78, 5) is 38.8. The van der Waals surface area contributed by atoms with Crippen LogP contribution in [0.1, 0.15) is 27.2 Å². The molecule has 3 amide bonds. The number of aryl methyl sites for hydroxylation is 2. The fourth-order valence-electron chi connectivity index (χ4n) is 3.65. The summed E-state index contributed by atoms with van der Waals surface area (Å²) < 4.78 is 3.01. The van der Waals surface area contributed by atoms with Crippen molar-refractivity contribution in [3.05, 3.63) is 92.0 Å². The van der Waals surface area contributed by atoms with Crippen LogP contribution in [0.25, 0.3) is 10.9 Å². The molecule has 0 aliphatic heterocycles. The molecule has 0 aliphatic carbocycles. The minimum atomic E-state index is -0.909. The Bertz CT molecular complexity index is 1490. The maximum absolute atomic E-state index is 13.3. The van der Waals surface area contributed by atoms with Crippen molar-refractivity contribution in [1.82, 2.24) is 4.68 Å². The second kappa shape index (κ2) is 10.1. The van der Waals surface area contributed by atoms with E-state index in [-0.39, 0.29) is 5.69 Å². The van der Waals surface area contributed by atoms with Gasteiger partial charge in [-0.15, -0.1) is 0 Å². The number of hydrogen-bond donors (Lipinski definition) is 3. The summed E-state index contributed by atoms with van der Waals surface area (Å²) in [6.07, 6.45) is 0. The van der Waals surface area contributed by atoms with Gasteiger partial charge < -0.3 is 10.6 Å². The normalized spacial score (nSPS) is 10.8. The number of amides is 3. The number of nitrogens with one attached hydrogen (secondary N) is 3. The number of aromatic nitrogens is 1. The average Bonchev–Trinajstić information content (AvgIpc) is 3.16. The number of benzene rings is 3. The van der Waals surface area contributed by atoms with Gasteiger partial charge in [0.2, 0.25) is 0 Å². The Morgan fingerprint density at radius 1 is 0.743 bits per heavy atom. The van der Waals surface area contributed by atoms with Crippen LogP contribution in [-0.2, 0) is 9.59 Å². The van der Waals surface area contributed by atoms with Crippen LogP contribution in [0, 0.1) is 20.8 Å². The third-order valence-electron chi connectivity index (χ3n) is 5.71. The Hall–Kier alpha value is -3.43. The van der Waals surface area contributed by atoms with Crippen LogP contribution in [0.2, 0.25) is 0 Å². The fraction of sp³-hybridized carbons (Fsp3) is 0.115. The second-order valence-electron chi connectivity index (χ2n) is 8.12. The van der Waals surface area contributed by atoms with E-state index in [2.05, 4.69) is 47.9 Å². The van der Waals surface area contributed by atoms with Crippen LogP contribution in [-0.4, -0.2) is 22.4 Å². The number of halogens is 2. The highest BCUT2D eigenvalue weighted by Gasteiger charge is 2.22. The number of carbonyl (C=O) groups excluding carboxylic acids is 3. The van der Waals surface area contributed by atoms with Gasteiger partial charge in [0.1, 0.15) is 5.69 Å². The molecule has 9 heteroatoms. The Balaban J connectivity index is 1.65. The molecule has 0 saturated heterocycles. The summed E-state index contributed by atoms with van der Waals surface area (Å²) >= 11 is 6.81. The highest BCUT2D eigenvalue weighted by molar-refractivity contribution is 9.10. The molecule has 0 unspecified atom stereocenters. The van der Waals surface area contributed by atoms with E-state index in [1.165, 1.54) is 4.68 Å². The number of fused-ring (bicyclic) bond motifs is 1. The Labute approximate surface area is 219 Å². The second-order valence-corrected chi connectivity index (χ2v) is 9.96. The van der Waals surface area contributed by atoms with Crippen LogP contribution >= 0.6 is 31.9 Å². The fourth-order valence-corrected chi connectivity index (χ4v) is 4.50. The molecule has 178 valence electrons. The zero-order chi connectivity index (χ0) is 25.3. The highest BCUT2D eigenvalue weighted by atomic mass is 79.9. The Morgan fingerprint density at radius 2 is 1.46 bits per heavy atom. The van der Waals surface area contributed by atoms with Gasteiger partial charge in [0, 0.05) is 25.7 Å². The molecule has 35 heavy (non-hydrogen) atoms. The van der Waals surface area contributed by atoms with Gasteiger partial charge in [-0.25, -0.2) is 4.68 Å². The first-order valence-corrected chi connectivity index (χ1v) is 12.3. The maximum Gasteiger partial charge on any atom is 0.328 e. The van der Waals surface area contributed by atoms with E-state index in [9.17, 15) is 14.4 Å². The van der Waals surface area contributed by atoms with Crippen LogP contribution in [0.4, 0.5) is 11.4 Å². The SMILES string of the molecule is Cc1cc(Br)ccc1NC(=O)C(=O)Nn1c(C(=O)Nc2cccc(C)c2C)cc2cc(Br)ccc21. The largest absolute Gasteiger partial charge is 0.328 e. The molecule has 7 nitrogen and oxygen atoms in total. The lowest BCUT2D eigenvalue weighted by molar-refractivity contribution is -0.133. The van der Waals surface area contributed by atoms with Crippen molar-refractivity contribution in [3.63, 3.8) is 0 Å². The summed E-state index contributed by atoms with van der Waals surface area (Å²) in [5.74, 6) is -2.18. The summed E-state index contributed by atoms with van der Waals surface area (Å²) in [5, 5.41) is 6.24. The van der Waals surface area contributed by atoms with Crippen molar-refractivity contribution in [1.29, 1.82) is 0 Å². The molecule has 3 aromatic carbocycles. The van der Waals surface area contributed by atoms with E-state index in [1.807, 2.05) is 51.1 Å². The van der Waals surface area contributed by atoms with Gasteiger partial charge in [0.05, 0.1) is 5.52 Å². The molecule has 1 heterocycles. The van der Waals surface area contributed by atoms with Gasteiger partial charge in [-0.3, -0.25) is 19.8 Å². The molecular formula is C26H22Br2N4O3. The zero-order valence-corrected chi connectivity index (χ0v) is 22.4. The number of rotatable bonds is 4. The van der Waals surface area contributed by atoms with Crippen molar-refractivity contribution in [2.24, 2.45) is 0 Å². The third-order valence-corrected chi connectivity index (χ3v) is 6.69. The van der Waals surface area contributed by atoms with E-state index in [0.717, 1.165) is 31.0 Å². The zero-order valence-electron chi connectivity index (χ0n) is 19.2. The predicted molar refractivity (Wildman–Crippen MR) is 145 cm³/mol. The highest BCUT2D eigenvalue weighted by Crippen LogP contribution is 2.25. The van der Waals surface area contributed by atoms with Crippen molar-refractivity contribution in [3.8, 4) is 0 Å². The lowest BCUT2D eigenvalue weighted by Crippen LogP contribution is -2.36. The molecule has 4 aromatic rings. The smallest absolute Gasteiger partial charge is 0.320 e. The van der Waals surface area contributed by atoms with Crippen molar-refractivity contribution in [2.75, 3.05) is 16.1 Å². The van der Waals surface area contributed by atoms with E-state index in [1.54, 1.807) is 30.3 Å². The molecule has 0 atom stereocenters. The van der Waals surface area contributed by atoms with Crippen LogP contribution in [0.15, 0.2) is 69.6 Å². The lowest BCUT2D eigenvalue weighted by atomic mass is 10.1. The summed E-state index contributed by atoms with van der Waals surface area (Å²) in [7, 11) is 0. The topological polar surface area (TPSA) is 92.2 Å². The molecule has 0 spiro atoms. The minimum absolute atomic E-state index is 0.181. The summed E-state index contributed by atoms with van der Waals surface area (Å²) in [6, 6.07) is 18.0. The van der Waals surface area contributed by atoms with E-state index in [0.29, 0.717) is 16.9 Å². The quantitative estimate of drug-likeness (QED) is 0.250. The predicted octanol–water partition coefficient (Wildman–Crippen LogP) is 6.05. The number of nitrogens with zero attached hydrogens (tertiary/aromatic N) is 1. The van der Waals surface area contributed by atoms with Gasteiger partial charge in [-0.05, 0) is 86.0 Å².